The average molecular weight is 462 g/mol. The molecule has 144 valence electrons. The number of carbonyl (C=O) groups excluding carboxylic acids is 1. The number of rotatable bonds is 11. The predicted octanol–water partition coefficient (Wildman–Crippen LogP) is 6.56. The number of benzene rings is 1. The van der Waals surface area contributed by atoms with E-state index in [-0.39, 0.29) is 11.9 Å². The number of nitrogens with one attached hydrogen (secondary N) is 1. The van der Waals surface area contributed by atoms with Gasteiger partial charge in [-0.2, -0.15) is 0 Å². The fourth-order valence-electron chi connectivity index (χ4n) is 4.17. The first-order valence-corrected chi connectivity index (χ1v) is 18.4. The molecule has 1 atom stereocenters. The van der Waals surface area contributed by atoms with E-state index < -0.39 is 18.4 Å². The van der Waals surface area contributed by atoms with Crippen molar-refractivity contribution in [1.29, 1.82) is 0 Å². The van der Waals surface area contributed by atoms with Gasteiger partial charge in [-0.15, -0.1) is 0 Å². The van der Waals surface area contributed by atoms with Crippen LogP contribution in [0, 0.1) is 0 Å². The number of amides is 1. The number of carbonyl (C=O) groups is 1. The van der Waals surface area contributed by atoms with Gasteiger partial charge >= 0.3 is 165 Å². The van der Waals surface area contributed by atoms with Crippen LogP contribution in [0.4, 0.5) is 0 Å². The normalized spacial score (nSPS) is 19.1. The van der Waals surface area contributed by atoms with E-state index in [0.717, 1.165) is 12.0 Å². The van der Waals surface area contributed by atoms with Crippen molar-refractivity contribution < 1.29 is 4.79 Å². The molecular weight excluding hydrogens is 425 g/mol. The first-order valence-electron chi connectivity index (χ1n) is 10.7. The molecule has 1 aromatic carbocycles. The quantitative estimate of drug-likeness (QED) is 0.293. The van der Waals surface area contributed by atoms with Gasteiger partial charge in [0.05, 0.1) is 0 Å². The molecule has 1 saturated heterocycles. The summed E-state index contributed by atoms with van der Waals surface area (Å²) in [5.41, 5.74) is 2.35. The zero-order valence-electron chi connectivity index (χ0n) is 17.0. The Kier molecular flexibility index (Phi) is 9.24. The molecule has 1 aromatic rings. The standard InChI is InChI=1S/C11H10NO.3C4H9.Sn/c1-8-7-10(12-11(8)13)9-5-3-2-4-6-9;3*1-3-4-2;/h1-6,10H,7H2,(H,12,13);3*1,3-4H2,2H3;/t10-;;;;/m1..../s1. The van der Waals surface area contributed by atoms with Gasteiger partial charge in [-0.05, 0) is 0 Å². The molecule has 26 heavy (non-hydrogen) atoms. The third kappa shape index (κ3) is 6.14. The van der Waals surface area contributed by atoms with E-state index in [0.29, 0.717) is 0 Å². The summed E-state index contributed by atoms with van der Waals surface area (Å²) in [6.07, 6.45) is 8.74. The summed E-state index contributed by atoms with van der Waals surface area (Å²) in [5, 5.41) is 3.24. The van der Waals surface area contributed by atoms with E-state index in [9.17, 15) is 4.79 Å². The van der Waals surface area contributed by atoms with E-state index >= 15 is 0 Å². The Morgan fingerprint density at radius 2 is 1.50 bits per heavy atom. The third-order valence-corrected chi connectivity index (χ3v) is 20.1. The zero-order valence-corrected chi connectivity index (χ0v) is 19.9. The molecule has 1 heterocycles. The molecule has 0 unspecified atom stereocenters. The maximum atomic E-state index is 12.7. The van der Waals surface area contributed by atoms with Crippen molar-refractivity contribution in [2.75, 3.05) is 0 Å². The SMILES string of the molecule is CCC[CH2][Sn](/[CH]=C1/C[C@H](c2ccccc2)NC1=O)([CH2]CCC)[CH2]CCC. The van der Waals surface area contributed by atoms with Crippen LogP contribution in [0.25, 0.3) is 0 Å². The van der Waals surface area contributed by atoms with Gasteiger partial charge in [-0.3, -0.25) is 0 Å². The van der Waals surface area contributed by atoms with Crippen molar-refractivity contribution in [3.8, 4) is 0 Å². The molecule has 1 amide bonds. The Labute approximate surface area is 164 Å². The molecule has 0 bridgehead atoms. The van der Waals surface area contributed by atoms with Crippen LogP contribution in [0.5, 0.6) is 0 Å². The van der Waals surface area contributed by atoms with Crippen molar-refractivity contribution in [2.24, 2.45) is 0 Å². The molecule has 0 aliphatic carbocycles. The van der Waals surface area contributed by atoms with Gasteiger partial charge in [0.1, 0.15) is 0 Å². The summed E-state index contributed by atoms with van der Waals surface area (Å²) >= 11 is -2.40. The minimum atomic E-state index is -2.40. The molecule has 1 fully saturated rings. The van der Waals surface area contributed by atoms with Crippen molar-refractivity contribution in [2.45, 2.75) is 85.1 Å². The van der Waals surface area contributed by atoms with Crippen LogP contribution < -0.4 is 5.32 Å². The van der Waals surface area contributed by atoms with Gasteiger partial charge in [0.2, 0.25) is 0 Å². The van der Waals surface area contributed by atoms with Gasteiger partial charge in [-0.25, -0.2) is 0 Å². The van der Waals surface area contributed by atoms with E-state index in [4.69, 9.17) is 0 Å². The monoisotopic (exact) mass is 463 g/mol. The second-order valence-corrected chi connectivity index (χ2v) is 20.9. The Bertz CT molecular complexity index is 559. The summed E-state index contributed by atoms with van der Waals surface area (Å²) in [4.78, 5) is 12.7. The van der Waals surface area contributed by atoms with Crippen LogP contribution in [0.2, 0.25) is 13.3 Å². The first kappa shape index (κ1) is 21.5. The van der Waals surface area contributed by atoms with Crippen molar-refractivity contribution in [3.63, 3.8) is 0 Å². The number of hydrogen-bond acceptors (Lipinski definition) is 1. The van der Waals surface area contributed by atoms with E-state index in [1.165, 1.54) is 57.4 Å². The minimum absolute atomic E-state index is 0.169. The molecule has 2 nitrogen and oxygen atoms in total. The molecule has 1 N–H and O–H groups in total. The average Bonchev–Trinajstić information content (AvgIpc) is 3.04. The van der Waals surface area contributed by atoms with Crippen LogP contribution in [-0.4, -0.2) is 24.3 Å². The Balaban J connectivity index is 2.23. The molecule has 2 rings (SSSR count). The fourth-order valence-corrected chi connectivity index (χ4v) is 19.4. The molecule has 1 aliphatic rings. The fraction of sp³-hybridized carbons (Fsp3) is 0.609. The van der Waals surface area contributed by atoms with Crippen LogP contribution >= 0.6 is 0 Å². The molecule has 1 aliphatic heterocycles. The second kappa shape index (κ2) is 11.2. The Hall–Kier alpha value is -0.771. The summed E-state index contributed by atoms with van der Waals surface area (Å²) < 4.78 is 6.89. The number of hydrogen-bond donors (Lipinski definition) is 1. The topological polar surface area (TPSA) is 29.1 Å². The van der Waals surface area contributed by atoms with Gasteiger partial charge in [0.25, 0.3) is 0 Å². The molecule has 0 saturated carbocycles. The zero-order chi connectivity index (χ0) is 18.8. The Morgan fingerprint density at radius 1 is 0.962 bits per heavy atom. The van der Waals surface area contributed by atoms with Crippen LogP contribution in [-0.2, 0) is 4.79 Å². The summed E-state index contributed by atoms with van der Waals surface area (Å²) in [5.74, 6) is 0.199. The van der Waals surface area contributed by atoms with Gasteiger partial charge < -0.3 is 0 Å². The van der Waals surface area contributed by atoms with E-state index in [2.05, 4.69) is 54.4 Å². The molecule has 0 radical (unpaired) electrons. The maximum absolute atomic E-state index is 12.7. The summed E-state index contributed by atoms with van der Waals surface area (Å²) in [6, 6.07) is 10.6. The Morgan fingerprint density at radius 3 is 2.00 bits per heavy atom. The third-order valence-electron chi connectivity index (χ3n) is 5.79. The first-order chi connectivity index (χ1) is 12.6. The molecule has 3 heteroatoms. The van der Waals surface area contributed by atoms with Crippen LogP contribution in [0.1, 0.15) is 77.3 Å². The van der Waals surface area contributed by atoms with Crippen molar-refractivity contribution in [3.05, 3.63) is 45.6 Å². The van der Waals surface area contributed by atoms with E-state index in [1.807, 2.05) is 6.07 Å². The van der Waals surface area contributed by atoms with Crippen molar-refractivity contribution >= 4 is 24.3 Å². The van der Waals surface area contributed by atoms with Gasteiger partial charge in [0.15, 0.2) is 0 Å². The van der Waals surface area contributed by atoms with Crippen LogP contribution in [0.15, 0.2) is 40.0 Å². The molecule has 0 spiro atoms. The van der Waals surface area contributed by atoms with E-state index in [1.54, 1.807) is 0 Å². The van der Waals surface area contributed by atoms with Crippen LogP contribution in [0.3, 0.4) is 0 Å². The molecular formula is C23H37NOSn. The summed E-state index contributed by atoms with van der Waals surface area (Å²) in [7, 11) is 0. The molecule has 0 aromatic heterocycles. The van der Waals surface area contributed by atoms with Gasteiger partial charge in [0, 0.05) is 0 Å². The second-order valence-electron chi connectivity index (χ2n) is 7.98. The van der Waals surface area contributed by atoms with Crippen molar-refractivity contribution in [1.82, 2.24) is 5.32 Å². The number of unbranched alkanes of at least 4 members (excludes halogenated alkanes) is 3. The summed E-state index contributed by atoms with van der Waals surface area (Å²) in [6.45, 7) is 6.91. The predicted molar refractivity (Wildman–Crippen MR) is 115 cm³/mol. The van der Waals surface area contributed by atoms with Gasteiger partial charge in [-0.1, -0.05) is 0 Å².